The quantitative estimate of drug-likeness (QED) is 0.934. The fraction of sp³-hybridized carbons (Fsp3) is 0.214. The van der Waals surface area contributed by atoms with E-state index in [0.29, 0.717) is 0 Å². The van der Waals surface area contributed by atoms with Gasteiger partial charge in [0.05, 0.1) is 16.3 Å². The van der Waals surface area contributed by atoms with Gasteiger partial charge in [-0.1, -0.05) is 23.7 Å². The smallest absolute Gasteiger partial charge is 0.382 e. The lowest BCUT2D eigenvalue weighted by Gasteiger charge is -2.16. The molecule has 2 aromatic rings. The van der Waals surface area contributed by atoms with E-state index in [0.717, 1.165) is 6.07 Å². The standard InChI is InChI=1S/C14H12ClF3N2O/c15-11-5-3-4-10(14(16,17)18)13(11)19-7-9-20-8-2-1-6-12(20)21/h1-6,8,19H,7,9H2. The molecular formula is C14H12ClF3N2O. The van der Waals surface area contributed by atoms with Crippen molar-refractivity contribution in [2.75, 3.05) is 11.9 Å². The first-order valence-corrected chi connectivity index (χ1v) is 6.52. The van der Waals surface area contributed by atoms with Crippen molar-refractivity contribution < 1.29 is 13.2 Å². The van der Waals surface area contributed by atoms with Gasteiger partial charge in [-0.2, -0.15) is 13.2 Å². The summed E-state index contributed by atoms with van der Waals surface area (Å²) in [6.07, 6.45) is -2.92. The monoisotopic (exact) mass is 316 g/mol. The first-order valence-electron chi connectivity index (χ1n) is 6.14. The zero-order chi connectivity index (χ0) is 15.5. The zero-order valence-corrected chi connectivity index (χ0v) is 11.6. The number of aromatic nitrogens is 1. The Morgan fingerprint density at radius 3 is 2.57 bits per heavy atom. The molecular weight excluding hydrogens is 305 g/mol. The lowest BCUT2D eigenvalue weighted by Crippen LogP contribution is -2.22. The highest BCUT2D eigenvalue weighted by Crippen LogP contribution is 2.38. The van der Waals surface area contributed by atoms with E-state index in [9.17, 15) is 18.0 Å². The first kappa shape index (κ1) is 15.4. The Morgan fingerprint density at radius 1 is 1.14 bits per heavy atom. The second-order valence-electron chi connectivity index (χ2n) is 4.32. The summed E-state index contributed by atoms with van der Waals surface area (Å²) < 4.78 is 40.1. The van der Waals surface area contributed by atoms with Gasteiger partial charge >= 0.3 is 6.18 Å². The normalized spacial score (nSPS) is 11.4. The molecule has 0 amide bonds. The molecule has 0 unspecified atom stereocenters. The fourth-order valence-corrected chi connectivity index (χ4v) is 2.13. The Kier molecular flexibility index (Phi) is 4.57. The van der Waals surface area contributed by atoms with Crippen molar-refractivity contribution in [3.05, 3.63) is 63.5 Å². The summed E-state index contributed by atoms with van der Waals surface area (Å²) in [5.41, 5.74) is -1.21. The average Bonchev–Trinajstić information content (AvgIpc) is 2.41. The van der Waals surface area contributed by atoms with Crippen LogP contribution in [-0.4, -0.2) is 11.1 Å². The van der Waals surface area contributed by atoms with Gasteiger partial charge in [-0.05, 0) is 18.2 Å². The number of pyridine rings is 1. The Hall–Kier alpha value is -1.95. The molecule has 0 spiro atoms. The summed E-state index contributed by atoms with van der Waals surface area (Å²) >= 11 is 5.82. The number of rotatable bonds is 4. The molecule has 21 heavy (non-hydrogen) atoms. The summed E-state index contributed by atoms with van der Waals surface area (Å²) in [6, 6.07) is 8.26. The predicted molar refractivity (Wildman–Crippen MR) is 75.6 cm³/mol. The molecule has 2 rings (SSSR count). The van der Waals surface area contributed by atoms with E-state index in [1.165, 1.54) is 22.8 Å². The van der Waals surface area contributed by atoms with Crippen LogP contribution >= 0.6 is 11.6 Å². The van der Waals surface area contributed by atoms with Crippen LogP contribution in [0.3, 0.4) is 0 Å². The highest BCUT2D eigenvalue weighted by Gasteiger charge is 2.34. The number of halogens is 4. The van der Waals surface area contributed by atoms with Gasteiger partial charge in [0.2, 0.25) is 0 Å². The van der Waals surface area contributed by atoms with Crippen molar-refractivity contribution >= 4 is 17.3 Å². The van der Waals surface area contributed by atoms with Crippen molar-refractivity contribution in [3.8, 4) is 0 Å². The third kappa shape index (κ3) is 3.78. The number of hydrogen-bond acceptors (Lipinski definition) is 2. The maximum atomic E-state index is 12.9. The molecule has 1 aromatic carbocycles. The molecule has 0 saturated carbocycles. The SMILES string of the molecule is O=c1ccccn1CCNc1c(Cl)cccc1C(F)(F)F. The van der Waals surface area contributed by atoms with Gasteiger partial charge in [-0.25, -0.2) is 0 Å². The van der Waals surface area contributed by atoms with Crippen LogP contribution in [0.1, 0.15) is 5.56 Å². The highest BCUT2D eigenvalue weighted by molar-refractivity contribution is 6.33. The van der Waals surface area contributed by atoms with Crippen LogP contribution in [0.5, 0.6) is 0 Å². The predicted octanol–water partition coefficient (Wildman–Crippen LogP) is 3.63. The average molecular weight is 317 g/mol. The van der Waals surface area contributed by atoms with E-state index in [1.807, 2.05) is 0 Å². The van der Waals surface area contributed by atoms with Crippen molar-refractivity contribution in [2.24, 2.45) is 0 Å². The summed E-state index contributed by atoms with van der Waals surface area (Å²) in [7, 11) is 0. The van der Waals surface area contributed by atoms with Crippen LogP contribution < -0.4 is 10.9 Å². The molecule has 7 heteroatoms. The van der Waals surface area contributed by atoms with Gasteiger partial charge in [-0.15, -0.1) is 0 Å². The van der Waals surface area contributed by atoms with Crippen LogP contribution in [0.25, 0.3) is 0 Å². The molecule has 1 aromatic heterocycles. The minimum absolute atomic E-state index is 0.00904. The molecule has 0 radical (unpaired) electrons. The lowest BCUT2D eigenvalue weighted by molar-refractivity contribution is -0.136. The molecule has 0 saturated heterocycles. The van der Waals surface area contributed by atoms with Crippen LogP contribution in [0.15, 0.2) is 47.4 Å². The second kappa shape index (κ2) is 6.22. The summed E-state index contributed by atoms with van der Waals surface area (Å²) in [4.78, 5) is 11.5. The van der Waals surface area contributed by atoms with Crippen molar-refractivity contribution in [3.63, 3.8) is 0 Å². The number of para-hydroxylation sites is 1. The number of alkyl halides is 3. The molecule has 1 heterocycles. The van der Waals surface area contributed by atoms with Gasteiger partial charge in [0.15, 0.2) is 0 Å². The molecule has 0 bridgehead atoms. The molecule has 0 aliphatic rings. The van der Waals surface area contributed by atoms with Gasteiger partial charge in [-0.3, -0.25) is 4.79 Å². The molecule has 112 valence electrons. The third-order valence-electron chi connectivity index (χ3n) is 2.87. The number of nitrogens with zero attached hydrogens (tertiary/aromatic N) is 1. The maximum Gasteiger partial charge on any atom is 0.418 e. The van der Waals surface area contributed by atoms with E-state index < -0.39 is 11.7 Å². The number of anilines is 1. The third-order valence-corrected chi connectivity index (χ3v) is 3.19. The zero-order valence-electron chi connectivity index (χ0n) is 10.8. The molecule has 0 fully saturated rings. The van der Waals surface area contributed by atoms with Gasteiger partial charge in [0.25, 0.3) is 5.56 Å². The van der Waals surface area contributed by atoms with Crippen molar-refractivity contribution in [2.45, 2.75) is 12.7 Å². The van der Waals surface area contributed by atoms with E-state index in [1.54, 1.807) is 18.3 Å². The van der Waals surface area contributed by atoms with E-state index in [-0.39, 0.29) is 29.4 Å². The number of nitrogens with one attached hydrogen (secondary N) is 1. The van der Waals surface area contributed by atoms with Crippen molar-refractivity contribution in [1.29, 1.82) is 0 Å². The van der Waals surface area contributed by atoms with Crippen LogP contribution in [-0.2, 0) is 12.7 Å². The fourth-order valence-electron chi connectivity index (χ4n) is 1.89. The Labute approximate surface area is 124 Å². The number of hydrogen-bond donors (Lipinski definition) is 1. The summed E-state index contributed by atoms with van der Waals surface area (Å²) in [5, 5.41) is 2.64. The van der Waals surface area contributed by atoms with Crippen LogP contribution in [0.2, 0.25) is 5.02 Å². The molecule has 0 aliphatic carbocycles. The van der Waals surface area contributed by atoms with Crippen molar-refractivity contribution in [1.82, 2.24) is 4.57 Å². The lowest BCUT2D eigenvalue weighted by atomic mass is 10.1. The Morgan fingerprint density at radius 2 is 1.90 bits per heavy atom. The van der Waals surface area contributed by atoms with E-state index in [2.05, 4.69) is 5.32 Å². The summed E-state index contributed by atoms with van der Waals surface area (Å²) in [5.74, 6) is 0. The molecule has 0 aliphatic heterocycles. The molecule has 0 atom stereocenters. The van der Waals surface area contributed by atoms with Gasteiger partial charge in [0.1, 0.15) is 0 Å². The Bertz CT molecular complexity index is 682. The number of benzene rings is 1. The van der Waals surface area contributed by atoms with Crippen LogP contribution in [0, 0.1) is 0 Å². The topological polar surface area (TPSA) is 34.0 Å². The molecule has 1 N–H and O–H groups in total. The van der Waals surface area contributed by atoms with E-state index >= 15 is 0 Å². The largest absolute Gasteiger partial charge is 0.418 e. The van der Waals surface area contributed by atoms with Gasteiger partial charge in [0, 0.05) is 25.4 Å². The maximum absolute atomic E-state index is 12.9. The first-order chi connectivity index (χ1) is 9.89. The van der Waals surface area contributed by atoms with Gasteiger partial charge < -0.3 is 9.88 Å². The minimum atomic E-state index is -4.49. The second-order valence-corrected chi connectivity index (χ2v) is 4.73. The Balaban J connectivity index is 2.14. The highest BCUT2D eigenvalue weighted by atomic mass is 35.5. The van der Waals surface area contributed by atoms with E-state index in [4.69, 9.17) is 11.6 Å². The molecule has 3 nitrogen and oxygen atoms in total. The van der Waals surface area contributed by atoms with Crippen LogP contribution in [0.4, 0.5) is 18.9 Å². The minimum Gasteiger partial charge on any atom is -0.382 e. The summed E-state index contributed by atoms with van der Waals surface area (Å²) in [6.45, 7) is 0.388.